The lowest BCUT2D eigenvalue weighted by Crippen LogP contribution is -2.21. The topological polar surface area (TPSA) is 74.2 Å². The average molecular weight is 174 g/mol. The molecule has 0 atom stereocenters. The fraction of sp³-hybridized carbons (Fsp3) is 0.111. The van der Waals surface area contributed by atoms with E-state index in [0.29, 0.717) is 11.5 Å². The maximum atomic E-state index is 8.61. The van der Waals surface area contributed by atoms with Crippen LogP contribution in [-0.2, 0) is 0 Å². The van der Waals surface area contributed by atoms with E-state index in [2.05, 4.69) is 10.3 Å². The molecule has 0 aliphatic heterocycles. The molecule has 66 valence electrons. The molecule has 4 nitrogen and oxygen atoms in total. The first-order valence-electron chi connectivity index (χ1n) is 3.75. The number of nitrogens with one attached hydrogen (secondary N) is 1. The molecule has 0 aromatic heterocycles. The van der Waals surface area contributed by atoms with E-state index >= 15 is 0 Å². The summed E-state index contributed by atoms with van der Waals surface area (Å²) < 4.78 is 0. The number of rotatable bonds is 1. The van der Waals surface area contributed by atoms with Gasteiger partial charge in [-0.25, -0.2) is 0 Å². The standard InChI is InChI=1S/C9H10N4/c1-12-9(11)13-8-4-2-3-7(5-8)6-10/h2-5H,1H3,(H3,11,12,13). The van der Waals surface area contributed by atoms with E-state index in [9.17, 15) is 0 Å². The van der Waals surface area contributed by atoms with Crippen LogP contribution in [0.3, 0.4) is 0 Å². The monoisotopic (exact) mass is 174 g/mol. The number of hydrogen-bond donors (Lipinski definition) is 2. The van der Waals surface area contributed by atoms with Crippen molar-refractivity contribution in [1.82, 2.24) is 0 Å². The molecule has 0 radical (unpaired) electrons. The summed E-state index contributed by atoms with van der Waals surface area (Å²) in [5.74, 6) is 0.329. The van der Waals surface area contributed by atoms with E-state index in [-0.39, 0.29) is 0 Å². The zero-order chi connectivity index (χ0) is 9.68. The van der Waals surface area contributed by atoms with Crippen molar-refractivity contribution in [2.75, 3.05) is 12.4 Å². The zero-order valence-corrected chi connectivity index (χ0v) is 7.28. The van der Waals surface area contributed by atoms with Crippen LogP contribution in [0.2, 0.25) is 0 Å². The quantitative estimate of drug-likeness (QED) is 0.491. The van der Waals surface area contributed by atoms with Gasteiger partial charge in [0.05, 0.1) is 11.6 Å². The van der Waals surface area contributed by atoms with E-state index in [1.807, 2.05) is 12.1 Å². The number of anilines is 1. The molecule has 0 heterocycles. The first kappa shape index (κ1) is 9.07. The predicted octanol–water partition coefficient (Wildman–Crippen LogP) is 0.915. The lowest BCUT2D eigenvalue weighted by atomic mass is 10.2. The molecule has 0 saturated heterocycles. The maximum absolute atomic E-state index is 8.61. The molecule has 0 bridgehead atoms. The van der Waals surface area contributed by atoms with E-state index in [0.717, 1.165) is 5.69 Å². The third kappa shape index (κ3) is 2.49. The molecule has 13 heavy (non-hydrogen) atoms. The van der Waals surface area contributed by atoms with Crippen LogP contribution in [-0.4, -0.2) is 13.0 Å². The van der Waals surface area contributed by atoms with E-state index in [4.69, 9.17) is 11.0 Å². The van der Waals surface area contributed by atoms with Gasteiger partial charge in [-0.05, 0) is 18.2 Å². The third-order valence-electron chi connectivity index (χ3n) is 1.50. The molecule has 1 aromatic rings. The molecular formula is C9H10N4. The van der Waals surface area contributed by atoms with Crippen molar-refractivity contribution in [1.29, 1.82) is 5.26 Å². The van der Waals surface area contributed by atoms with Crippen molar-refractivity contribution < 1.29 is 0 Å². The molecule has 4 heteroatoms. The third-order valence-corrected chi connectivity index (χ3v) is 1.50. The summed E-state index contributed by atoms with van der Waals surface area (Å²) in [7, 11) is 1.59. The molecule has 0 amide bonds. The van der Waals surface area contributed by atoms with E-state index < -0.39 is 0 Å². The molecule has 1 aromatic carbocycles. The van der Waals surface area contributed by atoms with Crippen LogP contribution in [0.1, 0.15) is 5.56 Å². The summed E-state index contributed by atoms with van der Waals surface area (Å²) >= 11 is 0. The summed E-state index contributed by atoms with van der Waals surface area (Å²) in [6.45, 7) is 0. The summed E-state index contributed by atoms with van der Waals surface area (Å²) in [4.78, 5) is 3.74. The molecular weight excluding hydrogens is 164 g/mol. The lowest BCUT2D eigenvalue weighted by molar-refractivity contribution is 1.38. The maximum Gasteiger partial charge on any atom is 0.192 e. The molecule has 0 unspecified atom stereocenters. The van der Waals surface area contributed by atoms with E-state index in [1.165, 1.54) is 0 Å². The van der Waals surface area contributed by atoms with Gasteiger partial charge >= 0.3 is 0 Å². The van der Waals surface area contributed by atoms with Crippen molar-refractivity contribution in [3.63, 3.8) is 0 Å². The number of nitrogens with zero attached hydrogens (tertiary/aromatic N) is 2. The van der Waals surface area contributed by atoms with E-state index in [1.54, 1.807) is 25.2 Å². The second kappa shape index (κ2) is 4.12. The second-order valence-electron chi connectivity index (χ2n) is 2.43. The van der Waals surface area contributed by atoms with Crippen LogP contribution < -0.4 is 11.1 Å². The summed E-state index contributed by atoms with van der Waals surface area (Å²) in [5.41, 5.74) is 6.81. The molecule has 3 N–H and O–H groups in total. The lowest BCUT2D eigenvalue weighted by Gasteiger charge is -2.03. The largest absolute Gasteiger partial charge is 0.370 e. The van der Waals surface area contributed by atoms with Crippen molar-refractivity contribution in [3.8, 4) is 6.07 Å². The summed E-state index contributed by atoms with van der Waals surface area (Å²) in [6, 6.07) is 9.07. The Morgan fingerprint density at radius 1 is 1.62 bits per heavy atom. The Morgan fingerprint density at radius 3 is 3.00 bits per heavy atom. The Morgan fingerprint density at radius 2 is 2.38 bits per heavy atom. The SMILES string of the molecule is CN=C(N)Nc1cccc(C#N)c1. The van der Waals surface area contributed by atoms with Gasteiger partial charge in [-0.2, -0.15) is 5.26 Å². The van der Waals surface area contributed by atoms with Crippen LogP contribution in [0.4, 0.5) is 5.69 Å². The Labute approximate surface area is 76.7 Å². The molecule has 0 aliphatic rings. The molecule has 0 fully saturated rings. The molecule has 0 aliphatic carbocycles. The van der Waals surface area contributed by atoms with Gasteiger partial charge in [-0.3, -0.25) is 4.99 Å². The highest BCUT2D eigenvalue weighted by Gasteiger charge is 1.94. The van der Waals surface area contributed by atoms with Gasteiger partial charge in [0.25, 0.3) is 0 Å². The fourth-order valence-electron chi connectivity index (χ4n) is 0.870. The van der Waals surface area contributed by atoms with Gasteiger partial charge in [-0.15, -0.1) is 0 Å². The minimum Gasteiger partial charge on any atom is -0.370 e. The number of guanidine groups is 1. The van der Waals surface area contributed by atoms with Crippen molar-refractivity contribution in [2.45, 2.75) is 0 Å². The first-order valence-corrected chi connectivity index (χ1v) is 3.75. The number of nitriles is 1. The van der Waals surface area contributed by atoms with Crippen molar-refractivity contribution >= 4 is 11.6 Å². The minimum atomic E-state index is 0.329. The smallest absolute Gasteiger partial charge is 0.192 e. The highest BCUT2D eigenvalue weighted by molar-refractivity contribution is 5.92. The van der Waals surface area contributed by atoms with Crippen molar-refractivity contribution in [3.05, 3.63) is 29.8 Å². The summed E-state index contributed by atoms with van der Waals surface area (Å²) in [5, 5.41) is 11.5. The van der Waals surface area contributed by atoms with Gasteiger partial charge in [0.2, 0.25) is 0 Å². The number of nitrogens with two attached hydrogens (primary N) is 1. The van der Waals surface area contributed by atoms with Crippen LogP contribution in [0.25, 0.3) is 0 Å². The summed E-state index contributed by atoms with van der Waals surface area (Å²) in [6.07, 6.45) is 0. The molecule has 1 rings (SSSR count). The zero-order valence-electron chi connectivity index (χ0n) is 7.28. The highest BCUT2D eigenvalue weighted by atomic mass is 15.1. The fourth-order valence-corrected chi connectivity index (χ4v) is 0.870. The Hall–Kier alpha value is -2.02. The Bertz CT molecular complexity index is 362. The van der Waals surface area contributed by atoms with Crippen LogP contribution >= 0.6 is 0 Å². The van der Waals surface area contributed by atoms with Gasteiger partial charge in [-0.1, -0.05) is 6.07 Å². The van der Waals surface area contributed by atoms with Crippen LogP contribution in [0.15, 0.2) is 29.3 Å². The first-order chi connectivity index (χ1) is 6.26. The van der Waals surface area contributed by atoms with Crippen LogP contribution in [0.5, 0.6) is 0 Å². The molecule has 0 spiro atoms. The number of aliphatic imine (C=N–C) groups is 1. The van der Waals surface area contributed by atoms with Crippen molar-refractivity contribution in [2.24, 2.45) is 10.7 Å². The average Bonchev–Trinajstić information content (AvgIpc) is 2.18. The Balaban J connectivity index is 2.85. The minimum absolute atomic E-state index is 0.329. The normalized spacial score (nSPS) is 10.6. The Kier molecular flexibility index (Phi) is 2.87. The molecule has 0 saturated carbocycles. The van der Waals surface area contributed by atoms with Gasteiger partial charge < -0.3 is 11.1 Å². The number of benzene rings is 1. The van der Waals surface area contributed by atoms with Gasteiger partial charge in [0, 0.05) is 12.7 Å². The van der Waals surface area contributed by atoms with Gasteiger partial charge in [0.15, 0.2) is 5.96 Å². The van der Waals surface area contributed by atoms with Gasteiger partial charge in [0.1, 0.15) is 0 Å². The van der Waals surface area contributed by atoms with Crippen LogP contribution in [0, 0.1) is 11.3 Å². The second-order valence-corrected chi connectivity index (χ2v) is 2.43. The predicted molar refractivity (Wildman–Crippen MR) is 52.3 cm³/mol. The highest BCUT2D eigenvalue weighted by Crippen LogP contribution is 2.08. The number of hydrogen-bond acceptors (Lipinski definition) is 2.